The number of nitrogens with one attached hydrogen (secondary N) is 1. The van der Waals surface area contributed by atoms with Gasteiger partial charge in [-0.15, -0.1) is 0 Å². The molecular formula is C25H31FN4O3. The fourth-order valence-electron chi connectivity index (χ4n) is 4.10. The molecule has 1 N–H and O–H groups in total. The average molecular weight is 455 g/mol. The maximum atomic E-state index is 14.9. The molecule has 2 heterocycles. The molecular weight excluding hydrogens is 423 g/mol. The van der Waals surface area contributed by atoms with Crippen molar-refractivity contribution >= 4 is 16.6 Å². The Morgan fingerprint density at radius 1 is 1.09 bits per heavy atom. The summed E-state index contributed by atoms with van der Waals surface area (Å²) in [4.78, 5) is 11.1. The quantitative estimate of drug-likeness (QED) is 0.424. The first kappa shape index (κ1) is 23.0. The number of benzene rings is 2. The monoisotopic (exact) mass is 454 g/mol. The standard InChI is InChI=1S/C25H31FN4O3/c1-4-27-19-8-9-21(24(26)17(19)2)33-25-18-14-22(31-3)23(15-20(18)28-16-29-25)32-13-7-12-30-10-5-6-11-30/h8-9,14-16,27H,4-7,10-13H2,1-3H3. The van der Waals surface area contributed by atoms with Crippen LogP contribution in [0.2, 0.25) is 0 Å². The highest BCUT2D eigenvalue weighted by atomic mass is 19.1. The number of nitrogens with zero attached hydrogens (tertiary/aromatic N) is 3. The van der Waals surface area contributed by atoms with Gasteiger partial charge in [0, 0.05) is 30.4 Å². The lowest BCUT2D eigenvalue weighted by atomic mass is 10.1. The Morgan fingerprint density at radius 3 is 2.67 bits per heavy atom. The van der Waals surface area contributed by atoms with E-state index in [0.717, 1.165) is 18.7 Å². The van der Waals surface area contributed by atoms with Crippen molar-refractivity contribution in [3.05, 3.63) is 42.0 Å². The van der Waals surface area contributed by atoms with Gasteiger partial charge in [0.2, 0.25) is 5.88 Å². The summed E-state index contributed by atoms with van der Waals surface area (Å²) in [6.07, 6.45) is 4.92. The number of hydrogen-bond acceptors (Lipinski definition) is 7. The Hall–Kier alpha value is -3.13. The molecule has 4 rings (SSSR count). The van der Waals surface area contributed by atoms with E-state index < -0.39 is 5.82 Å². The van der Waals surface area contributed by atoms with Crippen LogP contribution in [0.3, 0.4) is 0 Å². The van der Waals surface area contributed by atoms with E-state index in [4.69, 9.17) is 14.2 Å². The highest BCUT2D eigenvalue weighted by Crippen LogP contribution is 2.37. The predicted molar refractivity (Wildman–Crippen MR) is 127 cm³/mol. The van der Waals surface area contributed by atoms with Gasteiger partial charge in [-0.2, -0.15) is 0 Å². The number of aromatic nitrogens is 2. The zero-order chi connectivity index (χ0) is 23.2. The van der Waals surface area contributed by atoms with Gasteiger partial charge < -0.3 is 24.4 Å². The van der Waals surface area contributed by atoms with Gasteiger partial charge in [0.15, 0.2) is 23.1 Å². The lowest BCUT2D eigenvalue weighted by Gasteiger charge is -2.16. The van der Waals surface area contributed by atoms with Gasteiger partial charge in [-0.05, 0) is 64.4 Å². The van der Waals surface area contributed by atoms with Crippen LogP contribution in [-0.4, -0.2) is 54.8 Å². The molecule has 176 valence electrons. The number of rotatable bonds is 10. The van der Waals surface area contributed by atoms with Crippen LogP contribution in [0.5, 0.6) is 23.1 Å². The molecule has 0 bridgehead atoms. The Morgan fingerprint density at radius 2 is 1.91 bits per heavy atom. The Balaban J connectivity index is 1.53. The van der Waals surface area contributed by atoms with E-state index in [1.807, 2.05) is 13.0 Å². The first-order chi connectivity index (χ1) is 16.1. The van der Waals surface area contributed by atoms with Gasteiger partial charge >= 0.3 is 0 Å². The zero-order valence-electron chi connectivity index (χ0n) is 19.5. The predicted octanol–water partition coefficient (Wildman–Crippen LogP) is 5.17. The number of halogens is 1. The molecule has 0 spiro atoms. The van der Waals surface area contributed by atoms with E-state index >= 15 is 0 Å². The van der Waals surface area contributed by atoms with Crippen LogP contribution >= 0.6 is 0 Å². The molecule has 3 aromatic rings. The normalized spacial score (nSPS) is 13.9. The summed E-state index contributed by atoms with van der Waals surface area (Å²) in [5, 5.41) is 3.76. The van der Waals surface area contributed by atoms with Crippen LogP contribution in [0.25, 0.3) is 10.9 Å². The minimum absolute atomic E-state index is 0.107. The lowest BCUT2D eigenvalue weighted by Crippen LogP contribution is -2.21. The van der Waals surface area contributed by atoms with Crippen LogP contribution in [0.15, 0.2) is 30.6 Å². The number of methoxy groups -OCH3 is 1. The first-order valence-corrected chi connectivity index (χ1v) is 11.5. The van der Waals surface area contributed by atoms with Gasteiger partial charge in [-0.3, -0.25) is 0 Å². The Labute approximate surface area is 193 Å². The molecule has 1 saturated heterocycles. The second-order valence-electron chi connectivity index (χ2n) is 8.13. The third-order valence-electron chi connectivity index (χ3n) is 5.88. The molecule has 2 aromatic carbocycles. The van der Waals surface area contributed by atoms with Crippen molar-refractivity contribution in [1.29, 1.82) is 0 Å². The Kier molecular flexibility index (Phi) is 7.44. The van der Waals surface area contributed by atoms with Gasteiger partial charge in [0.1, 0.15) is 6.33 Å². The second-order valence-corrected chi connectivity index (χ2v) is 8.13. The van der Waals surface area contributed by atoms with Gasteiger partial charge in [-0.25, -0.2) is 14.4 Å². The van der Waals surface area contributed by atoms with Crippen molar-refractivity contribution < 1.29 is 18.6 Å². The number of anilines is 1. The Bertz CT molecular complexity index is 1100. The maximum Gasteiger partial charge on any atom is 0.230 e. The fourth-order valence-corrected chi connectivity index (χ4v) is 4.10. The topological polar surface area (TPSA) is 68.7 Å². The maximum absolute atomic E-state index is 14.9. The molecule has 0 radical (unpaired) electrons. The summed E-state index contributed by atoms with van der Waals surface area (Å²) < 4.78 is 32.3. The molecule has 0 amide bonds. The van der Waals surface area contributed by atoms with E-state index in [-0.39, 0.29) is 11.6 Å². The summed E-state index contributed by atoms with van der Waals surface area (Å²) in [7, 11) is 1.59. The summed E-state index contributed by atoms with van der Waals surface area (Å²) in [5.74, 6) is 1.12. The number of fused-ring (bicyclic) bond motifs is 1. The van der Waals surface area contributed by atoms with Crippen molar-refractivity contribution in [2.75, 3.05) is 45.2 Å². The number of likely N-dealkylation sites (tertiary alicyclic amines) is 1. The zero-order valence-corrected chi connectivity index (χ0v) is 19.5. The van der Waals surface area contributed by atoms with Crippen molar-refractivity contribution in [2.45, 2.75) is 33.1 Å². The van der Waals surface area contributed by atoms with Crippen molar-refractivity contribution in [3.63, 3.8) is 0 Å². The third-order valence-corrected chi connectivity index (χ3v) is 5.88. The molecule has 1 aliphatic rings. The summed E-state index contributed by atoms with van der Waals surface area (Å²) in [6, 6.07) is 6.99. The largest absolute Gasteiger partial charge is 0.493 e. The van der Waals surface area contributed by atoms with Crippen molar-refractivity contribution in [3.8, 4) is 23.1 Å². The molecule has 1 fully saturated rings. The highest BCUT2D eigenvalue weighted by Gasteiger charge is 2.17. The van der Waals surface area contributed by atoms with Crippen LogP contribution < -0.4 is 19.5 Å². The molecule has 0 unspecified atom stereocenters. The van der Waals surface area contributed by atoms with Crippen LogP contribution in [0, 0.1) is 12.7 Å². The van der Waals surface area contributed by atoms with Crippen LogP contribution in [0.4, 0.5) is 10.1 Å². The van der Waals surface area contributed by atoms with E-state index in [1.165, 1.54) is 32.3 Å². The molecule has 1 aliphatic heterocycles. The fraction of sp³-hybridized carbons (Fsp3) is 0.440. The SMILES string of the molecule is CCNc1ccc(Oc2ncnc3cc(OCCCN4CCCC4)c(OC)cc23)c(F)c1C. The van der Waals surface area contributed by atoms with Crippen molar-refractivity contribution in [1.82, 2.24) is 14.9 Å². The molecule has 7 nitrogen and oxygen atoms in total. The molecule has 0 saturated carbocycles. The third kappa shape index (κ3) is 5.27. The van der Waals surface area contributed by atoms with Gasteiger partial charge in [0.05, 0.1) is 24.6 Å². The lowest BCUT2D eigenvalue weighted by molar-refractivity contribution is 0.254. The smallest absolute Gasteiger partial charge is 0.230 e. The van der Waals surface area contributed by atoms with E-state index in [1.54, 1.807) is 32.2 Å². The van der Waals surface area contributed by atoms with Gasteiger partial charge in [0.25, 0.3) is 0 Å². The van der Waals surface area contributed by atoms with E-state index in [0.29, 0.717) is 41.1 Å². The number of hydrogen-bond donors (Lipinski definition) is 1. The summed E-state index contributed by atoms with van der Waals surface area (Å²) in [5.41, 5.74) is 1.87. The summed E-state index contributed by atoms with van der Waals surface area (Å²) in [6.45, 7) is 8.37. The second kappa shape index (κ2) is 10.7. The molecule has 33 heavy (non-hydrogen) atoms. The minimum atomic E-state index is -0.426. The minimum Gasteiger partial charge on any atom is -0.493 e. The molecule has 0 aliphatic carbocycles. The molecule has 1 aromatic heterocycles. The van der Waals surface area contributed by atoms with E-state index in [9.17, 15) is 4.39 Å². The van der Waals surface area contributed by atoms with Crippen molar-refractivity contribution in [2.24, 2.45) is 0 Å². The average Bonchev–Trinajstić information content (AvgIpc) is 3.35. The van der Waals surface area contributed by atoms with Crippen LogP contribution in [0.1, 0.15) is 31.7 Å². The summed E-state index contributed by atoms with van der Waals surface area (Å²) >= 11 is 0. The molecule has 0 atom stereocenters. The molecule has 8 heteroatoms. The van der Waals surface area contributed by atoms with E-state index in [2.05, 4.69) is 20.2 Å². The highest BCUT2D eigenvalue weighted by molar-refractivity contribution is 5.87. The van der Waals surface area contributed by atoms with Gasteiger partial charge in [-0.1, -0.05) is 0 Å². The number of ether oxygens (including phenoxy) is 3. The van der Waals surface area contributed by atoms with Crippen LogP contribution in [-0.2, 0) is 0 Å². The first-order valence-electron chi connectivity index (χ1n) is 11.5.